The van der Waals surface area contributed by atoms with Gasteiger partial charge in [-0.15, -0.1) is 0 Å². The van der Waals surface area contributed by atoms with E-state index in [0.29, 0.717) is 12.1 Å². The highest BCUT2D eigenvalue weighted by Gasteiger charge is 2.35. The minimum absolute atomic E-state index is 0.0228. The van der Waals surface area contributed by atoms with Gasteiger partial charge in [0.05, 0.1) is 6.54 Å². The van der Waals surface area contributed by atoms with Gasteiger partial charge in [0.15, 0.2) is 0 Å². The average Bonchev–Trinajstić information content (AvgIpc) is 2.50. The molecule has 0 atom stereocenters. The first-order valence-electron chi connectivity index (χ1n) is 8.11. The first-order chi connectivity index (χ1) is 11.4. The molecule has 2 amide bonds. The van der Waals surface area contributed by atoms with Crippen molar-refractivity contribution < 1.29 is 19.1 Å². The summed E-state index contributed by atoms with van der Waals surface area (Å²) in [6, 6.07) is 6.36. The molecule has 1 aromatic rings. The zero-order valence-electron chi connectivity index (χ0n) is 14.0. The standard InChI is InChI=1S/C17H24FN3O3/c1-3-21(11-16(22)23)14-8-13(9-14)19-17(24)20(2)10-12-6-4-5-7-15(12)18/h4-7,13-14H,3,8-11H2,1-2H3,(H,19,24)(H,22,23). The number of benzene rings is 1. The van der Waals surface area contributed by atoms with Crippen molar-refractivity contribution in [3.63, 3.8) is 0 Å². The highest BCUT2D eigenvalue weighted by Crippen LogP contribution is 2.25. The van der Waals surface area contributed by atoms with Gasteiger partial charge in [-0.3, -0.25) is 9.69 Å². The molecule has 0 spiro atoms. The van der Waals surface area contributed by atoms with Gasteiger partial charge in [-0.1, -0.05) is 25.1 Å². The molecule has 1 saturated carbocycles. The molecule has 1 fully saturated rings. The maximum Gasteiger partial charge on any atom is 0.317 e. The molecule has 0 unspecified atom stereocenters. The highest BCUT2D eigenvalue weighted by atomic mass is 19.1. The summed E-state index contributed by atoms with van der Waals surface area (Å²) in [5.74, 6) is -1.16. The van der Waals surface area contributed by atoms with Crippen LogP contribution in [0.5, 0.6) is 0 Å². The molecule has 0 saturated heterocycles. The van der Waals surface area contributed by atoms with Crippen LogP contribution in [-0.2, 0) is 11.3 Å². The summed E-state index contributed by atoms with van der Waals surface area (Å²) in [6.45, 7) is 2.83. The van der Waals surface area contributed by atoms with Crippen LogP contribution in [0.25, 0.3) is 0 Å². The molecule has 0 heterocycles. The lowest BCUT2D eigenvalue weighted by Crippen LogP contribution is -2.56. The van der Waals surface area contributed by atoms with E-state index in [1.54, 1.807) is 25.2 Å². The van der Waals surface area contributed by atoms with Crippen molar-refractivity contribution in [1.82, 2.24) is 15.1 Å². The number of carboxylic acids is 1. The van der Waals surface area contributed by atoms with E-state index in [1.807, 2.05) is 11.8 Å². The van der Waals surface area contributed by atoms with E-state index in [9.17, 15) is 14.0 Å². The Hall–Kier alpha value is -2.15. The number of hydrogen-bond acceptors (Lipinski definition) is 3. The molecule has 1 aliphatic carbocycles. The molecule has 0 aromatic heterocycles. The second kappa shape index (κ2) is 8.10. The highest BCUT2D eigenvalue weighted by molar-refractivity contribution is 5.74. The topological polar surface area (TPSA) is 72.9 Å². The zero-order chi connectivity index (χ0) is 17.7. The van der Waals surface area contributed by atoms with Gasteiger partial charge in [0, 0.05) is 31.2 Å². The van der Waals surface area contributed by atoms with E-state index in [0.717, 1.165) is 12.8 Å². The van der Waals surface area contributed by atoms with Gasteiger partial charge in [0.1, 0.15) is 5.82 Å². The Morgan fingerprint density at radius 1 is 1.33 bits per heavy atom. The van der Waals surface area contributed by atoms with Gasteiger partial charge in [-0.05, 0) is 25.5 Å². The van der Waals surface area contributed by atoms with Crippen LogP contribution in [-0.4, -0.2) is 59.1 Å². The van der Waals surface area contributed by atoms with Crippen molar-refractivity contribution in [3.8, 4) is 0 Å². The number of carbonyl (C=O) groups is 2. The number of aliphatic carboxylic acids is 1. The van der Waals surface area contributed by atoms with Crippen LogP contribution < -0.4 is 5.32 Å². The Balaban J connectivity index is 1.78. The number of carbonyl (C=O) groups excluding carboxylic acids is 1. The van der Waals surface area contributed by atoms with E-state index in [1.165, 1.54) is 11.0 Å². The van der Waals surface area contributed by atoms with Gasteiger partial charge in [0.25, 0.3) is 0 Å². The Labute approximate surface area is 141 Å². The molecular weight excluding hydrogens is 313 g/mol. The zero-order valence-corrected chi connectivity index (χ0v) is 14.0. The smallest absolute Gasteiger partial charge is 0.317 e. The molecule has 0 aliphatic heterocycles. The van der Waals surface area contributed by atoms with Crippen molar-refractivity contribution in [2.45, 2.75) is 38.4 Å². The SMILES string of the molecule is CCN(CC(=O)O)C1CC(NC(=O)N(C)Cc2ccccc2F)C1. The van der Waals surface area contributed by atoms with E-state index < -0.39 is 5.97 Å². The van der Waals surface area contributed by atoms with Crippen molar-refractivity contribution in [2.24, 2.45) is 0 Å². The fourth-order valence-corrected chi connectivity index (χ4v) is 2.92. The number of carboxylic acid groups (broad SMARTS) is 1. The predicted molar refractivity (Wildman–Crippen MR) is 88.1 cm³/mol. The Kier molecular flexibility index (Phi) is 6.14. The molecule has 132 valence electrons. The van der Waals surface area contributed by atoms with Crippen LogP contribution in [0.4, 0.5) is 9.18 Å². The summed E-state index contributed by atoms with van der Waals surface area (Å²) in [6.07, 6.45) is 1.47. The Bertz CT molecular complexity index is 590. The minimum Gasteiger partial charge on any atom is -0.480 e. The third kappa shape index (κ3) is 4.67. The molecule has 2 rings (SSSR count). The molecule has 1 aliphatic rings. The van der Waals surface area contributed by atoms with E-state index in [-0.39, 0.29) is 37.0 Å². The normalized spacial score (nSPS) is 19.7. The monoisotopic (exact) mass is 337 g/mol. The molecule has 0 radical (unpaired) electrons. The van der Waals surface area contributed by atoms with Crippen molar-refractivity contribution >= 4 is 12.0 Å². The minimum atomic E-state index is -0.839. The third-order valence-electron chi connectivity index (χ3n) is 4.41. The molecule has 2 N–H and O–H groups in total. The summed E-state index contributed by atoms with van der Waals surface area (Å²) in [4.78, 5) is 26.3. The molecule has 24 heavy (non-hydrogen) atoms. The summed E-state index contributed by atoms with van der Waals surface area (Å²) in [5, 5.41) is 11.8. The molecular formula is C17H24FN3O3. The number of rotatable bonds is 7. The molecule has 6 nitrogen and oxygen atoms in total. The van der Waals surface area contributed by atoms with Gasteiger partial charge in [-0.2, -0.15) is 0 Å². The number of urea groups is 1. The number of likely N-dealkylation sites (N-methyl/N-ethyl adjacent to an activating group) is 1. The van der Waals surface area contributed by atoms with Gasteiger partial charge < -0.3 is 15.3 Å². The van der Waals surface area contributed by atoms with Gasteiger partial charge in [0.2, 0.25) is 0 Å². The van der Waals surface area contributed by atoms with Crippen LogP contribution in [0.1, 0.15) is 25.3 Å². The summed E-state index contributed by atoms with van der Waals surface area (Å²) < 4.78 is 13.6. The van der Waals surface area contributed by atoms with Crippen LogP contribution in [0.15, 0.2) is 24.3 Å². The van der Waals surface area contributed by atoms with E-state index in [2.05, 4.69) is 5.32 Å². The van der Waals surface area contributed by atoms with Gasteiger partial charge in [-0.25, -0.2) is 9.18 Å². The van der Waals surface area contributed by atoms with Crippen LogP contribution >= 0.6 is 0 Å². The van der Waals surface area contributed by atoms with Crippen molar-refractivity contribution in [3.05, 3.63) is 35.6 Å². The lowest BCUT2D eigenvalue weighted by molar-refractivity contribution is -0.139. The van der Waals surface area contributed by atoms with E-state index in [4.69, 9.17) is 5.11 Å². The second-order valence-electron chi connectivity index (χ2n) is 6.18. The number of hydrogen-bond donors (Lipinski definition) is 2. The Morgan fingerprint density at radius 3 is 2.58 bits per heavy atom. The third-order valence-corrected chi connectivity index (χ3v) is 4.41. The van der Waals surface area contributed by atoms with Crippen LogP contribution in [0, 0.1) is 5.82 Å². The fourth-order valence-electron chi connectivity index (χ4n) is 2.92. The van der Waals surface area contributed by atoms with Crippen molar-refractivity contribution in [1.29, 1.82) is 0 Å². The van der Waals surface area contributed by atoms with Crippen LogP contribution in [0.3, 0.4) is 0 Å². The first kappa shape index (κ1) is 18.2. The largest absolute Gasteiger partial charge is 0.480 e. The maximum absolute atomic E-state index is 13.6. The average molecular weight is 337 g/mol. The van der Waals surface area contributed by atoms with Gasteiger partial charge >= 0.3 is 12.0 Å². The molecule has 7 heteroatoms. The number of nitrogens with zero attached hydrogens (tertiary/aromatic N) is 2. The fraction of sp³-hybridized carbons (Fsp3) is 0.529. The van der Waals surface area contributed by atoms with Crippen molar-refractivity contribution in [2.75, 3.05) is 20.1 Å². The maximum atomic E-state index is 13.6. The number of amides is 2. The summed E-state index contributed by atoms with van der Waals surface area (Å²) in [7, 11) is 1.63. The summed E-state index contributed by atoms with van der Waals surface area (Å²) >= 11 is 0. The van der Waals surface area contributed by atoms with E-state index >= 15 is 0 Å². The predicted octanol–water partition coefficient (Wildman–Crippen LogP) is 1.90. The Morgan fingerprint density at radius 2 is 2.00 bits per heavy atom. The molecule has 0 bridgehead atoms. The lowest BCUT2D eigenvalue weighted by Gasteiger charge is -2.42. The number of halogens is 1. The molecule has 1 aromatic carbocycles. The lowest BCUT2D eigenvalue weighted by atomic mass is 9.85. The quantitative estimate of drug-likeness (QED) is 0.797. The first-order valence-corrected chi connectivity index (χ1v) is 8.11. The summed E-state index contributed by atoms with van der Waals surface area (Å²) in [5.41, 5.74) is 0.472. The second-order valence-corrected chi connectivity index (χ2v) is 6.18. The number of nitrogens with one attached hydrogen (secondary N) is 1. The van der Waals surface area contributed by atoms with Crippen LogP contribution in [0.2, 0.25) is 0 Å².